The van der Waals surface area contributed by atoms with Crippen molar-refractivity contribution in [2.75, 3.05) is 51.2 Å². The molecule has 2 N–H and O–H groups in total. The van der Waals surface area contributed by atoms with Gasteiger partial charge in [0.2, 0.25) is 17.0 Å². The molecule has 166 valence electrons. The van der Waals surface area contributed by atoms with Crippen LogP contribution in [0, 0.1) is 13.8 Å². The Kier molecular flexibility index (Phi) is 7.83. The minimum absolute atomic E-state index is 0.223. The molecule has 1 aromatic carbocycles. The van der Waals surface area contributed by atoms with Crippen molar-refractivity contribution in [3.8, 4) is 11.5 Å². The molecule has 2 aromatic rings. The SMILES string of the molecule is COc1cc(NC(=S)/N=C(/Nc2nc(C)cc(C)n2)N2CCOCC2)c(OC)cc1Cl. The lowest BCUT2D eigenvalue weighted by molar-refractivity contribution is 0.0680. The second kappa shape index (κ2) is 10.6. The van der Waals surface area contributed by atoms with Gasteiger partial charge in [-0.25, -0.2) is 9.97 Å². The molecule has 0 atom stereocenters. The Labute approximate surface area is 191 Å². The van der Waals surface area contributed by atoms with E-state index in [4.69, 9.17) is 38.0 Å². The van der Waals surface area contributed by atoms with Crippen LogP contribution in [-0.2, 0) is 4.74 Å². The molecule has 1 aromatic heterocycles. The van der Waals surface area contributed by atoms with E-state index in [2.05, 4.69) is 25.6 Å². The van der Waals surface area contributed by atoms with Crippen molar-refractivity contribution in [3.05, 3.63) is 34.6 Å². The van der Waals surface area contributed by atoms with Crippen molar-refractivity contribution in [2.24, 2.45) is 4.99 Å². The minimum atomic E-state index is 0.223. The van der Waals surface area contributed by atoms with E-state index in [-0.39, 0.29) is 5.11 Å². The molecule has 1 aliphatic rings. The molecule has 2 heterocycles. The summed E-state index contributed by atoms with van der Waals surface area (Å²) in [5.74, 6) is 2.00. The summed E-state index contributed by atoms with van der Waals surface area (Å²) in [4.78, 5) is 15.5. The summed E-state index contributed by atoms with van der Waals surface area (Å²) in [7, 11) is 3.09. The van der Waals surface area contributed by atoms with Crippen molar-refractivity contribution >= 4 is 46.5 Å². The Morgan fingerprint density at radius 1 is 1.06 bits per heavy atom. The van der Waals surface area contributed by atoms with E-state index < -0.39 is 0 Å². The van der Waals surface area contributed by atoms with Crippen LogP contribution in [0.5, 0.6) is 11.5 Å². The molecule has 0 aliphatic carbocycles. The highest BCUT2D eigenvalue weighted by Gasteiger charge is 2.18. The van der Waals surface area contributed by atoms with Gasteiger partial charge in [0.15, 0.2) is 0 Å². The lowest BCUT2D eigenvalue weighted by Crippen LogP contribution is -2.45. The third kappa shape index (κ3) is 6.16. The first-order valence-corrected chi connectivity index (χ1v) is 10.4. The Hall–Kier alpha value is -2.69. The summed E-state index contributed by atoms with van der Waals surface area (Å²) >= 11 is 11.7. The molecule has 9 nitrogen and oxygen atoms in total. The number of aliphatic imine (C=N–C) groups is 1. The van der Waals surface area contributed by atoms with Gasteiger partial charge >= 0.3 is 0 Å². The van der Waals surface area contributed by atoms with Gasteiger partial charge in [0.1, 0.15) is 11.5 Å². The van der Waals surface area contributed by atoms with E-state index in [0.717, 1.165) is 11.4 Å². The van der Waals surface area contributed by atoms with Crippen molar-refractivity contribution < 1.29 is 14.2 Å². The molecule has 0 unspecified atom stereocenters. The minimum Gasteiger partial charge on any atom is -0.495 e. The zero-order valence-corrected chi connectivity index (χ0v) is 19.4. The molecule has 11 heteroatoms. The fourth-order valence-electron chi connectivity index (χ4n) is 3.03. The zero-order valence-electron chi connectivity index (χ0n) is 17.9. The number of hydrogen-bond donors (Lipinski definition) is 2. The van der Waals surface area contributed by atoms with E-state index >= 15 is 0 Å². The number of benzene rings is 1. The first kappa shape index (κ1) is 23.0. The van der Waals surface area contributed by atoms with Crippen LogP contribution >= 0.6 is 23.8 Å². The molecule has 0 bridgehead atoms. The number of hydrogen-bond acceptors (Lipinski definition) is 6. The Morgan fingerprint density at radius 2 is 1.71 bits per heavy atom. The van der Waals surface area contributed by atoms with E-state index in [1.54, 1.807) is 19.2 Å². The van der Waals surface area contributed by atoms with E-state index in [1.165, 1.54) is 7.11 Å². The molecule has 1 aliphatic heterocycles. The van der Waals surface area contributed by atoms with Crippen LogP contribution in [0.2, 0.25) is 5.02 Å². The number of guanidine groups is 1. The van der Waals surface area contributed by atoms with Crippen molar-refractivity contribution in [1.82, 2.24) is 14.9 Å². The Morgan fingerprint density at radius 3 is 2.32 bits per heavy atom. The maximum Gasteiger partial charge on any atom is 0.229 e. The van der Waals surface area contributed by atoms with Gasteiger partial charge < -0.3 is 24.4 Å². The molecule has 0 spiro atoms. The van der Waals surface area contributed by atoms with Crippen LogP contribution < -0.4 is 20.1 Å². The van der Waals surface area contributed by atoms with Crippen LogP contribution in [0.15, 0.2) is 23.2 Å². The molecule has 3 rings (SSSR count). The van der Waals surface area contributed by atoms with Crippen LogP contribution in [0.3, 0.4) is 0 Å². The number of aromatic nitrogens is 2. The fraction of sp³-hybridized carbons (Fsp3) is 0.400. The number of aryl methyl sites for hydroxylation is 2. The number of methoxy groups -OCH3 is 2. The number of anilines is 2. The van der Waals surface area contributed by atoms with Gasteiger partial charge in [-0.05, 0) is 32.1 Å². The van der Waals surface area contributed by atoms with Crippen molar-refractivity contribution in [1.29, 1.82) is 0 Å². The van der Waals surface area contributed by atoms with Gasteiger partial charge in [-0.15, -0.1) is 0 Å². The highest BCUT2D eigenvalue weighted by atomic mass is 35.5. The summed E-state index contributed by atoms with van der Waals surface area (Å²) in [5.41, 5.74) is 2.30. The van der Waals surface area contributed by atoms with Crippen LogP contribution in [0.25, 0.3) is 0 Å². The summed E-state index contributed by atoms with van der Waals surface area (Å²) in [6.45, 7) is 6.35. The number of nitrogens with zero attached hydrogens (tertiary/aromatic N) is 4. The zero-order chi connectivity index (χ0) is 22.4. The number of nitrogens with one attached hydrogen (secondary N) is 2. The number of morpholine rings is 1. The lowest BCUT2D eigenvalue weighted by atomic mass is 10.2. The van der Waals surface area contributed by atoms with Gasteiger partial charge in [-0.3, -0.25) is 5.32 Å². The molecular formula is C20H25ClN6O3S. The normalized spacial score (nSPS) is 14.2. The predicted octanol–water partition coefficient (Wildman–Crippen LogP) is 3.26. The van der Waals surface area contributed by atoms with E-state index in [0.29, 0.717) is 60.4 Å². The predicted molar refractivity (Wildman–Crippen MR) is 126 cm³/mol. The number of halogens is 1. The molecule has 31 heavy (non-hydrogen) atoms. The average molecular weight is 465 g/mol. The molecule has 0 amide bonds. The third-order valence-electron chi connectivity index (χ3n) is 4.44. The summed E-state index contributed by atoms with van der Waals surface area (Å²) in [6.07, 6.45) is 0. The first-order chi connectivity index (χ1) is 14.9. The van der Waals surface area contributed by atoms with Gasteiger partial charge in [-0.1, -0.05) is 11.6 Å². The van der Waals surface area contributed by atoms with E-state index in [1.807, 2.05) is 24.8 Å². The Balaban J connectivity index is 1.88. The average Bonchev–Trinajstić information content (AvgIpc) is 2.74. The lowest BCUT2D eigenvalue weighted by Gasteiger charge is -2.29. The van der Waals surface area contributed by atoms with Crippen LogP contribution in [0.4, 0.5) is 11.6 Å². The molecule has 0 saturated carbocycles. The largest absolute Gasteiger partial charge is 0.495 e. The monoisotopic (exact) mass is 464 g/mol. The standard InChI is InChI=1S/C20H25ClN6O3S/c1-12-9-13(2)23-18(22-12)25-19(27-5-7-30-8-6-27)26-20(31)24-15-11-16(28-3)14(21)10-17(15)29-4/h9-11H,5-8H2,1-4H3,(H2,22,23,24,25,26,31). The number of ether oxygens (including phenoxy) is 3. The maximum atomic E-state index is 6.18. The molecular weight excluding hydrogens is 440 g/mol. The van der Waals surface area contributed by atoms with Gasteiger partial charge in [0, 0.05) is 36.6 Å². The van der Waals surface area contributed by atoms with E-state index in [9.17, 15) is 0 Å². The number of rotatable bonds is 4. The molecule has 1 fully saturated rings. The van der Waals surface area contributed by atoms with Gasteiger partial charge in [0.05, 0.1) is 38.1 Å². The molecule has 0 radical (unpaired) electrons. The van der Waals surface area contributed by atoms with Crippen molar-refractivity contribution in [3.63, 3.8) is 0 Å². The summed E-state index contributed by atoms with van der Waals surface area (Å²) in [6, 6.07) is 5.26. The highest BCUT2D eigenvalue weighted by Crippen LogP contribution is 2.35. The van der Waals surface area contributed by atoms with Gasteiger partial charge in [0.25, 0.3) is 0 Å². The fourth-order valence-corrected chi connectivity index (χ4v) is 3.46. The smallest absolute Gasteiger partial charge is 0.229 e. The summed E-state index contributed by atoms with van der Waals surface area (Å²) in [5, 5.41) is 6.94. The Bertz CT molecular complexity index is 961. The second-order valence-corrected chi connectivity index (χ2v) is 7.55. The summed E-state index contributed by atoms with van der Waals surface area (Å²) < 4.78 is 16.1. The van der Waals surface area contributed by atoms with Gasteiger partial charge in [-0.2, -0.15) is 4.99 Å². The third-order valence-corrected chi connectivity index (χ3v) is 4.93. The first-order valence-electron chi connectivity index (χ1n) is 9.62. The number of thiocarbonyl (C=S) groups is 1. The second-order valence-electron chi connectivity index (χ2n) is 6.75. The van der Waals surface area contributed by atoms with Crippen LogP contribution in [0.1, 0.15) is 11.4 Å². The quantitative estimate of drug-likeness (QED) is 0.401. The van der Waals surface area contributed by atoms with Crippen molar-refractivity contribution in [2.45, 2.75) is 13.8 Å². The highest BCUT2D eigenvalue weighted by molar-refractivity contribution is 7.80. The topological polar surface area (TPSA) is 93.1 Å². The van der Waals surface area contributed by atoms with Crippen LogP contribution in [-0.4, -0.2) is 66.5 Å². The maximum absolute atomic E-state index is 6.18. The molecule has 1 saturated heterocycles.